The smallest absolute Gasteiger partial charge is 0.246 e. The van der Waals surface area contributed by atoms with Gasteiger partial charge in [-0.25, -0.2) is 0 Å². The molecule has 0 aliphatic carbocycles. The van der Waals surface area contributed by atoms with E-state index in [9.17, 15) is 24.3 Å². The molecule has 0 bridgehead atoms. The van der Waals surface area contributed by atoms with E-state index in [1.54, 1.807) is 19.2 Å². The van der Waals surface area contributed by atoms with Crippen LogP contribution in [-0.2, 0) is 54.0 Å². The highest BCUT2D eigenvalue weighted by Crippen LogP contribution is 2.11. The van der Waals surface area contributed by atoms with Crippen LogP contribution in [0.2, 0.25) is 0 Å². The van der Waals surface area contributed by atoms with Crippen LogP contribution in [0.15, 0.2) is 24.3 Å². The van der Waals surface area contributed by atoms with Gasteiger partial charge in [-0.15, -0.1) is 0 Å². The van der Waals surface area contributed by atoms with Crippen molar-refractivity contribution in [2.45, 2.75) is 19.4 Å². The average Bonchev–Trinajstić information content (AvgIpc) is 2.94. The Bertz CT molecular complexity index is 884. The fourth-order valence-corrected chi connectivity index (χ4v) is 3.10. The van der Waals surface area contributed by atoms with E-state index in [1.165, 1.54) is 19.1 Å². The standard InChI is InChI=1S/C27H43N3O11/c1-21(31)24(17-22-3-5-23(32)6-4-22)30-27(35)20-41-16-14-38-10-8-29-26(34)19-40-15-13-37-9-7-28-25(33)18-39-12-11-36-2/h3-6,24,32H,7-20H2,1-2H3,(H,28,33)(H,29,34)(H,30,35)/t24-/m0/s1. The van der Waals surface area contributed by atoms with Crippen molar-refractivity contribution in [3.63, 3.8) is 0 Å². The Hall–Kier alpha value is -3.14. The van der Waals surface area contributed by atoms with Crippen LogP contribution < -0.4 is 16.0 Å². The highest BCUT2D eigenvalue weighted by atomic mass is 16.5. The first-order valence-electron chi connectivity index (χ1n) is 13.3. The molecule has 0 fully saturated rings. The maximum absolute atomic E-state index is 12.1. The third kappa shape index (κ3) is 20.4. The number of hydrogen-bond acceptors (Lipinski definition) is 11. The van der Waals surface area contributed by atoms with Gasteiger partial charge >= 0.3 is 0 Å². The van der Waals surface area contributed by atoms with E-state index < -0.39 is 11.9 Å². The largest absolute Gasteiger partial charge is 0.508 e. The molecule has 232 valence electrons. The average molecular weight is 586 g/mol. The highest BCUT2D eigenvalue weighted by Gasteiger charge is 2.17. The lowest BCUT2D eigenvalue weighted by Gasteiger charge is -2.16. The maximum atomic E-state index is 12.1. The molecule has 0 spiro atoms. The number of benzene rings is 1. The second kappa shape index (κ2) is 23.6. The molecule has 14 nitrogen and oxygen atoms in total. The van der Waals surface area contributed by atoms with E-state index in [4.69, 9.17) is 28.4 Å². The summed E-state index contributed by atoms with van der Waals surface area (Å²) >= 11 is 0. The van der Waals surface area contributed by atoms with Crippen LogP contribution in [0.5, 0.6) is 5.75 Å². The second-order valence-corrected chi connectivity index (χ2v) is 8.68. The monoisotopic (exact) mass is 585 g/mol. The SMILES string of the molecule is COCCOCC(=O)NCCOCCOCC(=O)NCCOCCOCC(=O)N[C@@H](Cc1ccc(O)cc1)C(C)=O. The summed E-state index contributed by atoms with van der Waals surface area (Å²) < 4.78 is 31.1. The van der Waals surface area contributed by atoms with Crippen molar-refractivity contribution >= 4 is 23.5 Å². The third-order valence-electron chi connectivity index (χ3n) is 5.21. The van der Waals surface area contributed by atoms with Crippen molar-refractivity contribution in [2.75, 3.05) is 92.9 Å². The minimum Gasteiger partial charge on any atom is -0.508 e. The number of phenolic OH excluding ortho intramolecular Hbond substituents is 1. The Morgan fingerprint density at radius 3 is 1.63 bits per heavy atom. The maximum Gasteiger partial charge on any atom is 0.246 e. The molecule has 0 heterocycles. The van der Waals surface area contributed by atoms with Gasteiger partial charge in [-0.3, -0.25) is 19.2 Å². The van der Waals surface area contributed by atoms with Crippen LogP contribution in [0.25, 0.3) is 0 Å². The Morgan fingerprint density at radius 1 is 0.683 bits per heavy atom. The van der Waals surface area contributed by atoms with E-state index in [2.05, 4.69) is 16.0 Å². The molecule has 1 rings (SSSR count). The van der Waals surface area contributed by atoms with E-state index in [0.717, 1.165) is 5.56 Å². The summed E-state index contributed by atoms with van der Waals surface area (Å²) in [6.07, 6.45) is 0.309. The number of aromatic hydroxyl groups is 1. The van der Waals surface area contributed by atoms with Crippen LogP contribution in [0.4, 0.5) is 0 Å². The van der Waals surface area contributed by atoms with Gasteiger partial charge in [-0.1, -0.05) is 12.1 Å². The quantitative estimate of drug-likeness (QED) is 0.103. The van der Waals surface area contributed by atoms with Gasteiger partial charge in [0, 0.05) is 20.2 Å². The lowest BCUT2D eigenvalue weighted by Crippen LogP contribution is -2.43. The fourth-order valence-electron chi connectivity index (χ4n) is 3.10. The predicted molar refractivity (Wildman–Crippen MR) is 146 cm³/mol. The topological polar surface area (TPSA) is 180 Å². The number of carbonyl (C=O) groups excluding carboxylic acids is 4. The van der Waals surface area contributed by atoms with Crippen molar-refractivity contribution in [1.82, 2.24) is 16.0 Å². The lowest BCUT2D eigenvalue weighted by molar-refractivity contribution is -0.130. The number of rotatable bonds is 25. The molecule has 14 heteroatoms. The van der Waals surface area contributed by atoms with Crippen molar-refractivity contribution in [1.29, 1.82) is 0 Å². The van der Waals surface area contributed by atoms with Gasteiger partial charge in [0.05, 0.1) is 58.9 Å². The number of Topliss-reactive ketones (excluding diaryl/α,β-unsaturated/α-hetero) is 1. The zero-order valence-electron chi connectivity index (χ0n) is 23.8. The van der Waals surface area contributed by atoms with Crippen LogP contribution in [-0.4, -0.2) is 128 Å². The normalized spacial score (nSPS) is 11.6. The van der Waals surface area contributed by atoms with Crippen molar-refractivity contribution in [3.05, 3.63) is 29.8 Å². The van der Waals surface area contributed by atoms with Crippen LogP contribution in [0.1, 0.15) is 12.5 Å². The molecule has 1 aromatic rings. The molecular formula is C27H43N3O11. The summed E-state index contributed by atoms with van der Waals surface area (Å²) in [5.74, 6) is -1.02. The summed E-state index contributed by atoms with van der Waals surface area (Å²) in [4.78, 5) is 47.2. The van der Waals surface area contributed by atoms with Crippen LogP contribution in [0, 0.1) is 0 Å². The molecule has 0 radical (unpaired) electrons. The molecule has 0 saturated carbocycles. The minimum absolute atomic E-state index is 0.0345. The molecule has 3 amide bonds. The first-order valence-corrected chi connectivity index (χ1v) is 13.3. The van der Waals surface area contributed by atoms with Crippen molar-refractivity contribution in [2.24, 2.45) is 0 Å². The first-order chi connectivity index (χ1) is 19.8. The summed E-state index contributed by atoms with van der Waals surface area (Å²) in [6, 6.07) is 5.73. The Balaban J connectivity index is 1.94. The molecule has 1 atom stereocenters. The number of methoxy groups -OCH3 is 1. The van der Waals surface area contributed by atoms with E-state index >= 15 is 0 Å². The number of carbonyl (C=O) groups is 4. The number of hydrogen-bond donors (Lipinski definition) is 4. The second-order valence-electron chi connectivity index (χ2n) is 8.68. The molecule has 0 aliphatic heterocycles. The highest BCUT2D eigenvalue weighted by molar-refractivity contribution is 5.88. The molecule has 4 N–H and O–H groups in total. The van der Waals surface area contributed by atoms with E-state index in [0.29, 0.717) is 32.8 Å². The number of phenols is 1. The van der Waals surface area contributed by atoms with Gasteiger partial charge in [0.2, 0.25) is 17.7 Å². The molecule has 41 heavy (non-hydrogen) atoms. The van der Waals surface area contributed by atoms with Crippen molar-refractivity contribution in [3.8, 4) is 5.75 Å². The first kappa shape index (κ1) is 35.9. The summed E-state index contributed by atoms with van der Waals surface area (Å²) in [5, 5.41) is 17.3. The number of amides is 3. The Morgan fingerprint density at radius 2 is 1.15 bits per heavy atom. The number of ether oxygens (including phenoxy) is 6. The molecule has 0 saturated heterocycles. The predicted octanol–water partition coefficient (Wildman–Crippen LogP) is -1.03. The third-order valence-corrected chi connectivity index (χ3v) is 5.21. The van der Waals surface area contributed by atoms with Gasteiger partial charge in [0.15, 0.2) is 5.78 Å². The molecule has 0 unspecified atom stereocenters. The zero-order chi connectivity index (χ0) is 30.1. The van der Waals surface area contributed by atoms with E-state index in [1.807, 2.05) is 0 Å². The molecule has 0 aromatic heterocycles. The number of ketones is 1. The Kier molecular flexibility index (Phi) is 20.6. The molecular weight excluding hydrogens is 542 g/mol. The van der Waals surface area contributed by atoms with Gasteiger partial charge < -0.3 is 49.5 Å². The van der Waals surface area contributed by atoms with Gasteiger partial charge in [0.25, 0.3) is 0 Å². The van der Waals surface area contributed by atoms with E-state index in [-0.39, 0.29) is 82.7 Å². The van der Waals surface area contributed by atoms with Gasteiger partial charge in [-0.2, -0.15) is 0 Å². The lowest BCUT2D eigenvalue weighted by atomic mass is 10.0. The minimum atomic E-state index is -0.691. The molecule has 1 aromatic carbocycles. The Labute approximate surface area is 240 Å². The summed E-state index contributed by atoms with van der Waals surface area (Å²) in [6.45, 7) is 3.89. The summed E-state index contributed by atoms with van der Waals surface area (Å²) in [7, 11) is 1.55. The fraction of sp³-hybridized carbons (Fsp3) is 0.630. The van der Waals surface area contributed by atoms with Gasteiger partial charge in [0.1, 0.15) is 25.6 Å². The number of nitrogens with one attached hydrogen (secondary N) is 3. The van der Waals surface area contributed by atoms with Gasteiger partial charge in [-0.05, 0) is 31.0 Å². The van der Waals surface area contributed by atoms with Crippen LogP contribution >= 0.6 is 0 Å². The molecule has 0 aliphatic rings. The van der Waals surface area contributed by atoms with Crippen molar-refractivity contribution < 1.29 is 52.7 Å². The van der Waals surface area contributed by atoms with Crippen LogP contribution in [0.3, 0.4) is 0 Å². The zero-order valence-corrected chi connectivity index (χ0v) is 23.8. The summed E-state index contributed by atoms with van der Waals surface area (Å²) in [5.41, 5.74) is 0.806.